The van der Waals surface area contributed by atoms with Gasteiger partial charge in [0.2, 0.25) is 0 Å². The fourth-order valence-corrected chi connectivity index (χ4v) is 3.09. The van der Waals surface area contributed by atoms with E-state index >= 15 is 0 Å². The fourth-order valence-electron chi connectivity index (χ4n) is 3.09. The lowest BCUT2D eigenvalue weighted by Gasteiger charge is -2.38. The molecule has 3 rings (SSSR count). The van der Waals surface area contributed by atoms with Crippen molar-refractivity contribution in [3.8, 4) is 0 Å². The van der Waals surface area contributed by atoms with Crippen LogP contribution in [0.1, 0.15) is 17.2 Å². The first-order valence-electron chi connectivity index (χ1n) is 6.44. The van der Waals surface area contributed by atoms with Crippen molar-refractivity contribution in [2.45, 2.75) is 18.6 Å². The van der Waals surface area contributed by atoms with Crippen LogP contribution in [0, 0.1) is 0 Å². The molecule has 3 heteroatoms. The zero-order valence-corrected chi connectivity index (χ0v) is 10.3. The van der Waals surface area contributed by atoms with Crippen LogP contribution in [-0.2, 0) is 6.42 Å². The van der Waals surface area contributed by atoms with E-state index in [1.807, 2.05) is 0 Å². The minimum Gasteiger partial charge on any atom is -0.391 e. The van der Waals surface area contributed by atoms with Crippen LogP contribution < -0.4 is 0 Å². The summed E-state index contributed by atoms with van der Waals surface area (Å²) in [5.74, 6) is 0. The summed E-state index contributed by atoms with van der Waals surface area (Å²) >= 11 is 0. The average Bonchev–Trinajstić information content (AvgIpc) is 2.66. The molecule has 0 bridgehead atoms. The Morgan fingerprint density at radius 1 is 1.12 bits per heavy atom. The molecular formula is C14H20N2O. The first kappa shape index (κ1) is 11.2. The van der Waals surface area contributed by atoms with Crippen molar-refractivity contribution in [2.75, 3.05) is 33.2 Å². The van der Waals surface area contributed by atoms with Gasteiger partial charge in [-0.05, 0) is 18.2 Å². The molecule has 92 valence electrons. The van der Waals surface area contributed by atoms with Crippen molar-refractivity contribution >= 4 is 0 Å². The van der Waals surface area contributed by atoms with Crippen LogP contribution in [-0.4, -0.2) is 54.2 Å². The van der Waals surface area contributed by atoms with Gasteiger partial charge in [-0.1, -0.05) is 24.3 Å². The average molecular weight is 232 g/mol. The van der Waals surface area contributed by atoms with Crippen LogP contribution in [0.15, 0.2) is 24.3 Å². The summed E-state index contributed by atoms with van der Waals surface area (Å²) in [5, 5.41) is 10.3. The van der Waals surface area contributed by atoms with Gasteiger partial charge in [-0.3, -0.25) is 4.90 Å². The Labute approximate surface area is 103 Å². The molecule has 17 heavy (non-hydrogen) atoms. The summed E-state index contributed by atoms with van der Waals surface area (Å²) in [6.07, 6.45) is 0.587. The van der Waals surface area contributed by atoms with Gasteiger partial charge in [0.1, 0.15) is 0 Å². The van der Waals surface area contributed by atoms with Gasteiger partial charge in [0.15, 0.2) is 0 Å². The van der Waals surface area contributed by atoms with Gasteiger partial charge in [0.25, 0.3) is 0 Å². The van der Waals surface area contributed by atoms with Crippen LogP contribution in [0.25, 0.3) is 0 Å². The third-order valence-electron chi connectivity index (χ3n) is 4.10. The van der Waals surface area contributed by atoms with Crippen molar-refractivity contribution in [1.82, 2.24) is 9.80 Å². The molecule has 1 aromatic carbocycles. The number of nitrogens with zero attached hydrogens (tertiary/aromatic N) is 2. The second-order valence-corrected chi connectivity index (χ2v) is 5.25. The number of hydrogen-bond donors (Lipinski definition) is 1. The van der Waals surface area contributed by atoms with Gasteiger partial charge < -0.3 is 10.0 Å². The molecule has 1 aliphatic carbocycles. The number of rotatable bonds is 1. The van der Waals surface area contributed by atoms with E-state index in [0.717, 1.165) is 32.6 Å². The van der Waals surface area contributed by atoms with Crippen molar-refractivity contribution in [2.24, 2.45) is 0 Å². The van der Waals surface area contributed by atoms with Crippen molar-refractivity contribution in [3.05, 3.63) is 35.4 Å². The summed E-state index contributed by atoms with van der Waals surface area (Å²) in [6, 6.07) is 8.70. The van der Waals surface area contributed by atoms with Crippen LogP contribution in [0.5, 0.6) is 0 Å². The highest BCUT2D eigenvalue weighted by Crippen LogP contribution is 2.36. The Morgan fingerprint density at radius 3 is 2.59 bits per heavy atom. The number of aliphatic hydroxyl groups is 1. The number of benzene rings is 1. The Bertz CT molecular complexity index is 399. The first-order chi connectivity index (χ1) is 8.25. The number of fused-ring (bicyclic) bond motifs is 1. The first-order valence-corrected chi connectivity index (χ1v) is 6.44. The molecule has 3 nitrogen and oxygen atoms in total. The summed E-state index contributed by atoms with van der Waals surface area (Å²) < 4.78 is 0. The Kier molecular flexibility index (Phi) is 2.90. The highest BCUT2D eigenvalue weighted by molar-refractivity contribution is 5.36. The van der Waals surface area contributed by atoms with Gasteiger partial charge in [-0.25, -0.2) is 0 Å². The summed E-state index contributed by atoms with van der Waals surface area (Å²) in [4.78, 5) is 4.79. The van der Waals surface area contributed by atoms with Gasteiger partial charge >= 0.3 is 0 Å². The zero-order valence-electron chi connectivity index (χ0n) is 10.3. The molecule has 1 saturated heterocycles. The minimum absolute atomic E-state index is 0.222. The normalized spacial score (nSPS) is 30.5. The Hall–Kier alpha value is -0.900. The molecule has 1 heterocycles. The predicted molar refractivity (Wildman–Crippen MR) is 68.0 cm³/mol. The van der Waals surface area contributed by atoms with Crippen LogP contribution >= 0.6 is 0 Å². The van der Waals surface area contributed by atoms with Crippen molar-refractivity contribution in [3.63, 3.8) is 0 Å². The fraction of sp³-hybridized carbons (Fsp3) is 0.571. The Morgan fingerprint density at radius 2 is 1.82 bits per heavy atom. The molecule has 0 amide bonds. The van der Waals surface area contributed by atoms with E-state index in [-0.39, 0.29) is 12.1 Å². The molecule has 0 spiro atoms. The van der Waals surface area contributed by atoms with Crippen LogP contribution in [0.4, 0.5) is 0 Å². The molecule has 1 fully saturated rings. The molecule has 1 aliphatic heterocycles. The second kappa shape index (κ2) is 4.41. The minimum atomic E-state index is -0.226. The standard InChI is InChI=1S/C14H20N2O/c1-15-6-8-16(9-7-15)14-12-5-3-2-4-11(12)10-13(14)17/h2-5,13-14,17H,6-10H2,1H3. The number of aliphatic hydroxyl groups excluding tert-OH is 1. The quantitative estimate of drug-likeness (QED) is 0.779. The zero-order chi connectivity index (χ0) is 11.8. The van der Waals surface area contributed by atoms with Gasteiger partial charge in [0, 0.05) is 32.6 Å². The van der Waals surface area contributed by atoms with E-state index in [4.69, 9.17) is 0 Å². The van der Waals surface area contributed by atoms with Gasteiger partial charge in [-0.15, -0.1) is 0 Å². The lowest BCUT2D eigenvalue weighted by atomic mass is 10.1. The van der Waals surface area contributed by atoms with Crippen molar-refractivity contribution in [1.29, 1.82) is 0 Å². The largest absolute Gasteiger partial charge is 0.391 e. The van der Waals surface area contributed by atoms with E-state index in [1.54, 1.807) is 0 Å². The Balaban J connectivity index is 1.83. The van der Waals surface area contributed by atoms with E-state index in [2.05, 4.69) is 41.1 Å². The van der Waals surface area contributed by atoms with Gasteiger partial charge in [-0.2, -0.15) is 0 Å². The number of likely N-dealkylation sites (N-methyl/N-ethyl adjacent to an activating group) is 1. The number of piperazine rings is 1. The summed E-state index contributed by atoms with van der Waals surface area (Å²) in [5.41, 5.74) is 2.66. The number of hydrogen-bond acceptors (Lipinski definition) is 3. The highest BCUT2D eigenvalue weighted by Gasteiger charge is 2.35. The third kappa shape index (κ3) is 1.99. The maximum atomic E-state index is 10.3. The lowest BCUT2D eigenvalue weighted by Crippen LogP contribution is -2.47. The molecule has 0 saturated carbocycles. The van der Waals surface area contributed by atoms with Crippen LogP contribution in [0.2, 0.25) is 0 Å². The maximum absolute atomic E-state index is 10.3. The van der Waals surface area contributed by atoms with E-state index in [1.165, 1.54) is 11.1 Å². The van der Waals surface area contributed by atoms with E-state index in [9.17, 15) is 5.11 Å². The molecule has 0 aromatic heterocycles. The molecule has 2 unspecified atom stereocenters. The van der Waals surface area contributed by atoms with Gasteiger partial charge in [0.05, 0.1) is 12.1 Å². The monoisotopic (exact) mass is 232 g/mol. The molecule has 2 atom stereocenters. The lowest BCUT2D eigenvalue weighted by molar-refractivity contribution is 0.0332. The molecule has 1 N–H and O–H groups in total. The summed E-state index contributed by atoms with van der Waals surface area (Å²) in [6.45, 7) is 4.33. The van der Waals surface area contributed by atoms with Crippen LogP contribution in [0.3, 0.4) is 0 Å². The molecule has 2 aliphatic rings. The molecular weight excluding hydrogens is 212 g/mol. The molecule has 0 radical (unpaired) electrons. The maximum Gasteiger partial charge on any atom is 0.0777 e. The highest BCUT2D eigenvalue weighted by atomic mass is 16.3. The SMILES string of the molecule is CN1CCN(C2c3ccccc3CC2O)CC1. The topological polar surface area (TPSA) is 26.7 Å². The predicted octanol–water partition coefficient (Wildman–Crippen LogP) is 0.892. The third-order valence-corrected chi connectivity index (χ3v) is 4.10. The van der Waals surface area contributed by atoms with E-state index in [0.29, 0.717) is 0 Å². The van der Waals surface area contributed by atoms with Crippen molar-refractivity contribution < 1.29 is 5.11 Å². The molecule has 1 aromatic rings. The smallest absolute Gasteiger partial charge is 0.0777 e. The summed E-state index contributed by atoms with van der Waals surface area (Å²) in [7, 11) is 2.16. The second-order valence-electron chi connectivity index (χ2n) is 5.25. The van der Waals surface area contributed by atoms with E-state index < -0.39 is 0 Å².